The Morgan fingerprint density at radius 1 is 0.600 bits per heavy atom. The number of benzene rings is 1. The van der Waals surface area contributed by atoms with E-state index in [1.54, 1.807) is 0 Å². The van der Waals surface area contributed by atoms with Crippen LogP contribution in [0.5, 0.6) is 0 Å². The van der Waals surface area contributed by atoms with E-state index in [-0.39, 0.29) is 0 Å². The van der Waals surface area contributed by atoms with Crippen molar-refractivity contribution in [2.45, 2.75) is 116 Å². The zero-order valence-electron chi connectivity index (χ0n) is 19.6. The van der Waals surface area contributed by atoms with Gasteiger partial charge in [-0.15, -0.1) is 0 Å². The van der Waals surface area contributed by atoms with E-state index in [4.69, 9.17) is 4.74 Å². The van der Waals surface area contributed by atoms with Crippen LogP contribution in [0, 0.1) is 0 Å². The maximum absolute atomic E-state index is 5.91. The maximum Gasteiger partial charge on any atom is 0.253 e. The van der Waals surface area contributed by atoms with Crippen LogP contribution in [0.3, 0.4) is 0 Å². The molecule has 0 bridgehead atoms. The summed E-state index contributed by atoms with van der Waals surface area (Å²) in [7, 11) is 0. The first kappa shape index (κ1) is 24.9. The quantitative estimate of drug-likeness (QED) is 0.167. The molecule has 1 heterocycles. The zero-order chi connectivity index (χ0) is 21.1. The van der Waals surface area contributed by atoms with Crippen LogP contribution in [0.2, 0.25) is 0 Å². The third kappa shape index (κ3) is 11.1. The van der Waals surface area contributed by atoms with Crippen LogP contribution in [-0.2, 0) is 11.5 Å². The first-order valence-electron chi connectivity index (χ1n) is 12.9. The van der Waals surface area contributed by atoms with Gasteiger partial charge in [-0.25, -0.2) is 0 Å². The van der Waals surface area contributed by atoms with Crippen molar-refractivity contribution in [3.05, 3.63) is 42.6 Å². The Morgan fingerprint density at radius 3 is 1.70 bits per heavy atom. The van der Waals surface area contributed by atoms with Crippen molar-refractivity contribution in [2.24, 2.45) is 0 Å². The van der Waals surface area contributed by atoms with Crippen LogP contribution in [0.15, 0.2) is 42.6 Å². The van der Waals surface area contributed by atoms with E-state index in [9.17, 15) is 0 Å². The summed E-state index contributed by atoms with van der Waals surface area (Å²) in [5, 5.41) is 1.27. The molecule has 2 aromatic rings. The van der Waals surface area contributed by atoms with E-state index in [1.165, 1.54) is 114 Å². The van der Waals surface area contributed by atoms with Crippen molar-refractivity contribution >= 4 is 10.9 Å². The number of hydrogen-bond acceptors (Lipinski definition) is 1. The Bertz CT molecular complexity index is 649. The van der Waals surface area contributed by atoms with Crippen molar-refractivity contribution in [1.82, 2.24) is 0 Å². The fourth-order valence-electron chi connectivity index (χ4n) is 4.25. The van der Waals surface area contributed by atoms with Crippen molar-refractivity contribution in [1.29, 1.82) is 0 Å². The van der Waals surface area contributed by atoms with Gasteiger partial charge in [-0.2, -0.15) is 4.57 Å². The molecule has 0 fully saturated rings. The molecule has 0 N–H and O–H groups in total. The van der Waals surface area contributed by atoms with Crippen LogP contribution >= 0.6 is 0 Å². The average Bonchev–Trinajstić information content (AvgIpc) is 2.78. The molecule has 1 aromatic heterocycles. The molecule has 0 saturated heterocycles. The largest absolute Gasteiger partial charge is 0.323 e. The van der Waals surface area contributed by atoms with Crippen LogP contribution in [0.4, 0.5) is 0 Å². The number of rotatable bonds is 19. The lowest BCUT2D eigenvalue weighted by Gasteiger charge is -2.04. The highest BCUT2D eigenvalue weighted by atomic mass is 16.5. The molecule has 1 aromatic carbocycles. The molecule has 0 radical (unpaired) electrons. The Kier molecular flexibility index (Phi) is 14.3. The van der Waals surface area contributed by atoms with Gasteiger partial charge in [-0.05, 0) is 18.6 Å². The van der Waals surface area contributed by atoms with Gasteiger partial charge in [0.1, 0.15) is 0 Å². The minimum absolute atomic E-state index is 0.653. The van der Waals surface area contributed by atoms with Gasteiger partial charge in [0.15, 0.2) is 6.20 Å². The van der Waals surface area contributed by atoms with E-state index >= 15 is 0 Å². The fourth-order valence-corrected chi connectivity index (χ4v) is 4.25. The topological polar surface area (TPSA) is 13.1 Å². The molecule has 2 nitrogen and oxygen atoms in total. The molecule has 0 amide bonds. The zero-order valence-corrected chi connectivity index (χ0v) is 19.6. The van der Waals surface area contributed by atoms with E-state index in [1.807, 2.05) is 0 Å². The maximum atomic E-state index is 5.91. The highest BCUT2D eigenvalue weighted by molar-refractivity contribution is 5.74. The van der Waals surface area contributed by atoms with Crippen LogP contribution < -0.4 is 4.57 Å². The monoisotopic (exact) mass is 412 g/mol. The molecule has 0 aliphatic heterocycles. The fraction of sp³-hybridized carbons (Fsp3) is 0.679. The highest BCUT2D eigenvalue weighted by Crippen LogP contribution is 2.14. The number of aromatic nitrogens is 1. The first-order valence-corrected chi connectivity index (χ1v) is 12.9. The summed E-state index contributed by atoms with van der Waals surface area (Å²) in [6.45, 7) is 3.82. The number of para-hydroxylation sites is 1. The normalized spacial score (nSPS) is 11.4. The standard InChI is InChI=1S/C28H46NO/c1-2-3-4-5-6-7-8-9-10-11-12-13-14-15-16-19-25-30-26-29-24-20-22-27-21-17-18-23-28(27)29/h17-18,20-24H,2-16,19,25-26H2,1H3/q+1. The second-order valence-electron chi connectivity index (χ2n) is 8.88. The molecular formula is C28H46NO+. The van der Waals surface area contributed by atoms with E-state index in [0.29, 0.717) is 6.73 Å². The molecule has 30 heavy (non-hydrogen) atoms. The molecular weight excluding hydrogens is 366 g/mol. The number of pyridine rings is 1. The minimum atomic E-state index is 0.653. The summed E-state index contributed by atoms with van der Waals surface area (Å²) in [4.78, 5) is 0. The van der Waals surface area contributed by atoms with Crippen LogP contribution in [-0.4, -0.2) is 6.61 Å². The number of hydrogen-bond donors (Lipinski definition) is 0. The third-order valence-corrected chi connectivity index (χ3v) is 6.16. The molecule has 0 aliphatic carbocycles. The van der Waals surface area contributed by atoms with Gasteiger partial charge in [0.05, 0.1) is 6.61 Å². The SMILES string of the molecule is CCCCCCCCCCCCCCCCCCOC[n+]1cccc2ccccc21. The molecule has 2 heteroatoms. The summed E-state index contributed by atoms with van der Waals surface area (Å²) in [6.07, 6.45) is 24.7. The summed E-state index contributed by atoms with van der Waals surface area (Å²) < 4.78 is 8.11. The number of ether oxygens (including phenoxy) is 1. The molecule has 2 rings (SSSR count). The third-order valence-electron chi connectivity index (χ3n) is 6.16. The van der Waals surface area contributed by atoms with Crippen molar-refractivity contribution in [3.63, 3.8) is 0 Å². The molecule has 0 spiro atoms. The average molecular weight is 413 g/mol. The Labute approximate surface area is 186 Å². The Balaban J connectivity index is 1.33. The molecule has 0 atom stereocenters. The molecule has 168 valence electrons. The lowest BCUT2D eigenvalue weighted by atomic mass is 10.0. The van der Waals surface area contributed by atoms with Crippen molar-refractivity contribution in [2.75, 3.05) is 6.61 Å². The van der Waals surface area contributed by atoms with E-state index in [2.05, 4.69) is 54.1 Å². The molecule has 0 aliphatic rings. The van der Waals surface area contributed by atoms with Gasteiger partial charge in [-0.1, -0.05) is 115 Å². The molecule has 0 saturated carbocycles. The minimum Gasteiger partial charge on any atom is -0.323 e. The van der Waals surface area contributed by atoms with Gasteiger partial charge < -0.3 is 4.74 Å². The van der Waals surface area contributed by atoms with E-state index in [0.717, 1.165) is 6.61 Å². The van der Waals surface area contributed by atoms with Gasteiger partial charge in [-0.3, -0.25) is 0 Å². The Hall–Kier alpha value is -1.41. The van der Waals surface area contributed by atoms with Crippen LogP contribution in [0.25, 0.3) is 10.9 Å². The lowest BCUT2D eigenvalue weighted by Crippen LogP contribution is -2.35. The summed E-state index contributed by atoms with van der Waals surface area (Å²) in [6, 6.07) is 12.7. The second-order valence-corrected chi connectivity index (χ2v) is 8.88. The number of unbranched alkanes of at least 4 members (excludes halogenated alkanes) is 15. The van der Waals surface area contributed by atoms with E-state index < -0.39 is 0 Å². The highest BCUT2D eigenvalue weighted by Gasteiger charge is 2.06. The van der Waals surface area contributed by atoms with Gasteiger partial charge >= 0.3 is 0 Å². The first-order chi connectivity index (χ1) is 14.9. The predicted molar refractivity (Wildman–Crippen MR) is 130 cm³/mol. The van der Waals surface area contributed by atoms with Crippen LogP contribution in [0.1, 0.15) is 110 Å². The van der Waals surface area contributed by atoms with Gasteiger partial charge in [0.2, 0.25) is 5.52 Å². The Morgan fingerprint density at radius 2 is 1.10 bits per heavy atom. The smallest absolute Gasteiger partial charge is 0.253 e. The predicted octanol–water partition coefficient (Wildman–Crippen LogP) is 8.36. The van der Waals surface area contributed by atoms with Gasteiger partial charge in [0, 0.05) is 17.5 Å². The molecule has 0 unspecified atom stereocenters. The van der Waals surface area contributed by atoms with Gasteiger partial charge in [0.25, 0.3) is 6.73 Å². The second kappa shape index (κ2) is 17.3. The number of fused-ring (bicyclic) bond motifs is 1. The number of nitrogens with zero attached hydrogens (tertiary/aromatic N) is 1. The summed E-state index contributed by atoms with van der Waals surface area (Å²) >= 11 is 0. The summed E-state index contributed by atoms with van der Waals surface area (Å²) in [5.41, 5.74) is 1.24. The summed E-state index contributed by atoms with van der Waals surface area (Å²) in [5.74, 6) is 0. The lowest BCUT2D eigenvalue weighted by molar-refractivity contribution is -0.709. The van der Waals surface area contributed by atoms with Crippen molar-refractivity contribution in [3.8, 4) is 0 Å². The van der Waals surface area contributed by atoms with Crippen molar-refractivity contribution < 1.29 is 9.30 Å².